The first-order valence-corrected chi connectivity index (χ1v) is 22.1. The molecule has 0 amide bonds. The molecular formula is C50H32F4O6P2. The molecule has 2 heterocycles. The monoisotopic (exact) mass is 866 g/mol. The van der Waals surface area contributed by atoms with Gasteiger partial charge in [-0.3, -0.25) is 0 Å². The fourth-order valence-corrected chi connectivity index (χ4v) is 12.5. The molecule has 0 radical (unpaired) electrons. The van der Waals surface area contributed by atoms with E-state index >= 15 is 17.6 Å². The lowest BCUT2D eigenvalue weighted by atomic mass is 10.0. The van der Waals surface area contributed by atoms with Gasteiger partial charge in [-0.05, 0) is 73.5 Å². The lowest BCUT2D eigenvalue weighted by molar-refractivity contribution is -0.288. The first kappa shape index (κ1) is 39.3. The number of halogens is 4. The van der Waals surface area contributed by atoms with E-state index in [0.29, 0.717) is 22.1 Å². The van der Waals surface area contributed by atoms with Crippen LogP contribution in [0.3, 0.4) is 0 Å². The quantitative estimate of drug-likeness (QED) is 0.0954. The molecule has 0 spiro atoms. The van der Waals surface area contributed by atoms with E-state index in [1.165, 1.54) is 0 Å². The maximum atomic E-state index is 15.9. The summed E-state index contributed by atoms with van der Waals surface area (Å²) >= 11 is 0. The zero-order valence-corrected chi connectivity index (χ0v) is 34.1. The van der Waals surface area contributed by atoms with Crippen LogP contribution in [-0.4, -0.2) is 12.6 Å². The highest BCUT2D eigenvalue weighted by Crippen LogP contribution is 2.61. The summed E-state index contributed by atoms with van der Waals surface area (Å²) in [6.07, 6.45) is -8.37. The molecule has 306 valence electrons. The van der Waals surface area contributed by atoms with E-state index in [4.69, 9.17) is 28.4 Å². The van der Waals surface area contributed by atoms with Crippen LogP contribution in [0.15, 0.2) is 194 Å². The predicted octanol–water partition coefficient (Wildman–Crippen LogP) is 11.1. The molecule has 12 heteroatoms. The molecule has 6 nitrogen and oxygen atoms in total. The fourth-order valence-electron chi connectivity index (χ4n) is 7.49. The standard InChI is InChI=1S/C50H32F4O6P2/c51-49(52)57-45-39(55-33-19-7-1-8-20-33)31-41(61(35-23-11-3-12-24-35)36-25-13-4-14-26-36)43(47(45)59-49)44-42(62(37-27-15-5-16-28-37)38-29-17-6-18-30-38)32-40(56-34-21-9-2-10-22-34)46-48(44)60-50(53,54)58-46/h1-32H. The highest BCUT2D eigenvalue weighted by Gasteiger charge is 2.52. The lowest BCUT2D eigenvalue weighted by Gasteiger charge is -2.28. The lowest BCUT2D eigenvalue weighted by Crippen LogP contribution is -2.28. The molecule has 62 heavy (non-hydrogen) atoms. The maximum Gasteiger partial charge on any atom is 0.586 e. The minimum atomic E-state index is -4.18. The van der Waals surface area contributed by atoms with Crippen molar-refractivity contribution in [3.8, 4) is 57.1 Å². The Bertz CT molecular complexity index is 2580. The summed E-state index contributed by atoms with van der Waals surface area (Å²) in [7, 11) is -3.41. The van der Waals surface area contributed by atoms with Crippen molar-refractivity contribution >= 4 is 47.7 Å². The molecule has 8 aromatic carbocycles. The Morgan fingerprint density at radius 2 is 0.597 bits per heavy atom. The first-order valence-electron chi connectivity index (χ1n) is 19.4. The van der Waals surface area contributed by atoms with Crippen molar-refractivity contribution in [3.05, 3.63) is 194 Å². The van der Waals surface area contributed by atoms with E-state index in [1.54, 1.807) is 72.8 Å². The van der Waals surface area contributed by atoms with Gasteiger partial charge in [-0.25, -0.2) is 0 Å². The van der Waals surface area contributed by atoms with E-state index in [0.717, 1.165) is 21.2 Å². The van der Waals surface area contributed by atoms with Gasteiger partial charge >= 0.3 is 12.6 Å². The van der Waals surface area contributed by atoms with Gasteiger partial charge in [0.2, 0.25) is 11.5 Å². The Balaban J connectivity index is 1.37. The Morgan fingerprint density at radius 1 is 0.339 bits per heavy atom. The third kappa shape index (κ3) is 7.68. The molecule has 2 aliphatic heterocycles. The van der Waals surface area contributed by atoms with Crippen molar-refractivity contribution in [2.75, 3.05) is 0 Å². The van der Waals surface area contributed by atoms with E-state index in [-0.39, 0.29) is 22.6 Å². The minimum absolute atomic E-state index is 0.0366. The summed E-state index contributed by atoms with van der Waals surface area (Å²) in [6, 6.07) is 58.7. The van der Waals surface area contributed by atoms with Crippen LogP contribution < -0.4 is 60.2 Å². The Kier molecular flexibility index (Phi) is 10.3. The molecule has 0 fully saturated rings. The van der Waals surface area contributed by atoms with E-state index < -0.39 is 51.4 Å². The van der Waals surface area contributed by atoms with Crippen molar-refractivity contribution in [2.24, 2.45) is 0 Å². The SMILES string of the molecule is FC1(F)Oc2c(Oc3ccccc3)cc(P(c3ccccc3)c3ccccc3)c(-c3c(P(c4ccccc4)c4ccccc4)cc(Oc4ccccc4)c4c3OC(F)(F)O4)c2O1. The molecule has 0 bridgehead atoms. The van der Waals surface area contributed by atoms with Gasteiger partial charge in [-0.15, -0.1) is 17.6 Å². The number of alkyl halides is 4. The predicted molar refractivity (Wildman–Crippen MR) is 235 cm³/mol. The van der Waals surface area contributed by atoms with E-state index in [1.807, 2.05) is 121 Å². The van der Waals surface area contributed by atoms with Crippen LogP contribution in [0.25, 0.3) is 11.1 Å². The second kappa shape index (κ2) is 16.2. The summed E-state index contributed by atoms with van der Waals surface area (Å²) in [4.78, 5) is 0. The van der Waals surface area contributed by atoms with Crippen LogP contribution >= 0.6 is 15.8 Å². The highest BCUT2D eigenvalue weighted by molar-refractivity contribution is 7.80. The minimum Gasteiger partial charge on any atom is -0.453 e. The van der Waals surface area contributed by atoms with Gasteiger partial charge in [-0.1, -0.05) is 158 Å². The number of ether oxygens (including phenoxy) is 6. The molecule has 0 aromatic heterocycles. The second-order valence-corrected chi connectivity index (χ2v) is 18.4. The summed E-state index contributed by atoms with van der Waals surface area (Å²) in [5.41, 5.74) is 0.0733. The summed E-state index contributed by atoms with van der Waals surface area (Å²) in [5.74, 6) is -1.15. The van der Waals surface area contributed by atoms with Gasteiger partial charge in [0, 0.05) is 21.7 Å². The average molecular weight is 867 g/mol. The van der Waals surface area contributed by atoms with Gasteiger partial charge in [0.1, 0.15) is 11.5 Å². The third-order valence-electron chi connectivity index (χ3n) is 9.98. The molecule has 2 aliphatic rings. The molecule has 0 saturated carbocycles. The molecule has 0 saturated heterocycles. The maximum absolute atomic E-state index is 15.9. The summed E-state index contributed by atoms with van der Waals surface area (Å²) < 4.78 is 98.3. The second-order valence-electron chi connectivity index (χ2n) is 14.0. The molecule has 0 atom stereocenters. The Labute approximate surface area is 356 Å². The van der Waals surface area contributed by atoms with Crippen molar-refractivity contribution in [1.82, 2.24) is 0 Å². The van der Waals surface area contributed by atoms with Gasteiger partial charge in [-0.2, -0.15) is 0 Å². The van der Waals surface area contributed by atoms with Crippen LogP contribution in [0.2, 0.25) is 0 Å². The van der Waals surface area contributed by atoms with Crippen molar-refractivity contribution in [1.29, 1.82) is 0 Å². The molecular weight excluding hydrogens is 834 g/mol. The van der Waals surface area contributed by atoms with E-state index in [2.05, 4.69) is 0 Å². The van der Waals surface area contributed by atoms with Crippen LogP contribution in [0.5, 0.6) is 46.0 Å². The third-order valence-corrected chi connectivity index (χ3v) is 14.9. The van der Waals surface area contributed by atoms with Gasteiger partial charge in [0.25, 0.3) is 0 Å². The van der Waals surface area contributed by atoms with Gasteiger partial charge in [0.15, 0.2) is 23.0 Å². The topological polar surface area (TPSA) is 55.4 Å². The van der Waals surface area contributed by atoms with Crippen molar-refractivity contribution in [2.45, 2.75) is 12.6 Å². The normalized spacial score (nSPS) is 14.2. The molecule has 0 N–H and O–H groups in total. The van der Waals surface area contributed by atoms with E-state index in [9.17, 15) is 0 Å². The average Bonchev–Trinajstić information content (AvgIpc) is 3.81. The highest BCUT2D eigenvalue weighted by atomic mass is 31.1. The van der Waals surface area contributed by atoms with Crippen LogP contribution in [0.4, 0.5) is 17.6 Å². The smallest absolute Gasteiger partial charge is 0.453 e. The summed E-state index contributed by atoms with van der Waals surface area (Å²) in [6.45, 7) is 0. The fraction of sp³-hybridized carbons (Fsp3) is 0.0400. The van der Waals surface area contributed by atoms with Gasteiger partial charge in [0.05, 0.1) is 0 Å². The van der Waals surface area contributed by atoms with Crippen LogP contribution in [-0.2, 0) is 0 Å². The van der Waals surface area contributed by atoms with Crippen LogP contribution in [0, 0.1) is 0 Å². The molecule has 10 rings (SSSR count). The molecule has 8 aromatic rings. The zero-order chi connectivity index (χ0) is 42.3. The largest absolute Gasteiger partial charge is 0.586 e. The molecule has 0 unspecified atom stereocenters. The number of para-hydroxylation sites is 2. The number of fused-ring (bicyclic) bond motifs is 2. The van der Waals surface area contributed by atoms with Gasteiger partial charge < -0.3 is 28.4 Å². The first-order chi connectivity index (χ1) is 30.2. The summed E-state index contributed by atoms with van der Waals surface area (Å²) in [5, 5.41) is 4.15. The van der Waals surface area contributed by atoms with Crippen LogP contribution in [0.1, 0.15) is 0 Å². The number of benzene rings is 8. The van der Waals surface area contributed by atoms with Crippen molar-refractivity contribution in [3.63, 3.8) is 0 Å². The molecule has 0 aliphatic carbocycles. The number of hydrogen-bond donors (Lipinski definition) is 0. The zero-order valence-electron chi connectivity index (χ0n) is 32.3. The number of hydrogen-bond acceptors (Lipinski definition) is 6. The Morgan fingerprint density at radius 3 is 0.887 bits per heavy atom. The van der Waals surface area contributed by atoms with Crippen molar-refractivity contribution < 1.29 is 46.0 Å². The Hall–Kier alpha value is -6.86. The number of rotatable bonds is 11.